The number of nitrogen functional groups attached to an aromatic ring is 1. The SMILES string of the molecule is CN1CC(c2ccnc(N)n2)C2(CNC2)C1.Cl.Cl.Cl. The average Bonchev–Trinajstić information content (AvgIpc) is 2.56. The van der Waals surface area contributed by atoms with Crippen molar-refractivity contribution in [3.63, 3.8) is 0 Å². The van der Waals surface area contributed by atoms with E-state index >= 15 is 0 Å². The molecule has 8 heteroatoms. The molecule has 0 aromatic carbocycles. The molecule has 1 aromatic rings. The maximum absolute atomic E-state index is 5.66. The van der Waals surface area contributed by atoms with E-state index in [0.717, 1.165) is 31.9 Å². The summed E-state index contributed by atoms with van der Waals surface area (Å²) in [5.74, 6) is 0.874. The summed E-state index contributed by atoms with van der Waals surface area (Å²) in [6, 6.07) is 2.00. The largest absolute Gasteiger partial charge is 0.368 e. The van der Waals surface area contributed by atoms with Crippen LogP contribution in [0, 0.1) is 5.41 Å². The summed E-state index contributed by atoms with van der Waals surface area (Å²) in [4.78, 5) is 10.7. The number of hydrogen-bond donors (Lipinski definition) is 2. The van der Waals surface area contributed by atoms with Gasteiger partial charge in [-0.1, -0.05) is 0 Å². The predicted octanol–water partition coefficient (Wildman–Crippen LogP) is 0.943. The number of hydrogen-bond acceptors (Lipinski definition) is 5. The fourth-order valence-electron chi connectivity index (χ4n) is 3.01. The zero-order chi connectivity index (χ0) is 11.2. The van der Waals surface area contributed by atoms with Gasteiger partial charge in [-0.15, -0.1) is 37.2 Å². The summed E-state index contributed by atoms with van der Waals surface area (Å²) in [6.07, 6.45) is 1.76. The van der Waals surface area contributed by atoms with E-state index in [2.05, 4.69) is 27.2 Å². The van der Waals surface area contributed by atoms with Crippen LogP contribution in [0.1, 0.15) is 11.6 Å². The minimum atomic E-state index is 0. The molecule has 1 spiro atoms. The van der Waals surface area contributed by atoms with Gasteiger partial charge >= 0.3 is 0 Å². The second-order valence-corrected chi connectivity index (χ2v) is 5.05. The third-order valence-corrected chi connectivity index (χ3v) is 3.83. The minimum Gasteiger partial charge on any atom is -0.368 e. The van der Waals surface area contributed by atoms with E-state index in [1.54, 1.807) is 6.20 Å². The number of likely N-dealkylation sites (tertiary alicyclic amines) is 1. The van der Waals surface area contributed by atoms with Crippen molar-refractivity contribution in [3.05, 3.63) is 18.0 Å². The van der Waals surface area contributed by atoms with Gasteiger partial charge in [-0.05, 0) is 13.1 Å². The number of halogens is 3. The van der Waals surface area contributed by atoms with Crippen molar-refractivity contribution in [3.8, 4) is 0 Å². The molecule has 3 rings (SSSR count). The lowest BCUT2D eigenvalue weighted by Crippen LogP contribution is -2.57. The van der Waals surface area contributed by atoms with Crippen LogP contribution in [0.5, 0.6) is 0 Å². The number of nitrogens with one attached hydrogen (secondary N) is 1. The molecule has 0 aliphatic carbocycles. The lowest BCUT2D eigenvalue weighted by atomic mass is 9.71. The first-order valence-corrected chi connectivity index (χ1v) is 5.67. The fraction of sp³-hybridized carbons (Fsp3) is 0.636. The van der Waals surface area contributed by atoms with Crippen molar-refractivity contribution >= 4 is 43.2 Å². The molecule has 2 fully saturated rings. The Hall–Kier alpha value is -0.330. The summed E-state index contributed by atoms with van der Waals surface area (Å²) in [5.41, 5.74) is 7.12. The molecule has 1 aromatic heterocycles. The van der Waals surface area contributed by atoms with Crippen molar-refractivity contribution in [2.24, 2.45) is 5.41 Å². The van der Waals surface area contributed by atoms with Crippen molar-refractivity contribution in [1.82, 2.24) is 20.2 Å². The topological polar surface area (TPSA) is 67.1 Å². The van der Waals surface area contributed by atoms with Crippen LogP contribution < -0.4 is 11.1 Å². The van der Waals surface area contributed by atoms with Crippen molar-refractivity contribution in [2.45, 2.75) is 5.92 Å². The van der Waals surface area contributed by atoms with Crippen LogP contribution in [-0.2, 0) is 0 Å². The summed E-state index contributed by atoms with van der Waals surface area (Å²) in [6.45, 7) is 4.39. The number of rotatable bonds is 1. The molecule has 110 valence electrons. The molecule has 2 aliphatic rings. The van der Waals surface area contributed by atoms with Crippen LogP contribution in [0.15, 0.2) is 12.3 Å². The molecule has 0 amide bonds. The Balaban J connectivity index is 0.00000108. The highest BCUT2D eigenvalue weighted by molar-refractivity contribution is 5.86. The third-order valence-electron chi connectivity index (χ3n) is 3.83. The highest BCUT2D eigenvalue weighted by atomic mass is 35.5. The fourth-order valence-corrected chi connectivity index (χ4v) is 3.01. The molecule has 5 nitrogen and oxygen atoms in total. The van der Waals surface area contributed by atoms with Gasteiger partial charge in [0.15, 0.2) is 0 Å². The smallest absolute Gasteiger partial charge is 0.220 e. The zero-order valence-electron chi connectivity index (χ0n) is 10.7. The molecule has 3 N–H and O–H groups in total. The van der Waals surface area contributed by atoms with E-state index < -0.39 is 0 Å². The van der Waals surface area contributed by atoms with Gasteiger partial charge in [0, 0.05) is 43.7 Å². The van der Waals surface area contributed by atoms with Crippen LogP contribution >= 0.6 is 37.2 Å². The van der Waals surface area contributed by atoms with E-state index in [0.29, 0.717) is 17.3 Å². The van der Waals surface area contributed by atoms with Gasteiger partial charge in [-0.2, -0.15) is 0 Å². The number of nitrogens with zero attached hydrogens (tertiary/aromatic N) is 3. The second-order valence-electron chi connectivity index (χ2n) is 5.05. The lowest BCUT2D eigenvalue weighted by Gasteiger charge is -2.43. The van der Waals surface area contributed by atoms with Crippen molar-refractivity contribution < 1.29 is 0 Å². The van der Waals surface area contributed by atoms with Crippen molar-refractivity contribution in [1.29, 1.82) is 0 Å². The van der Waals surface area contributed by atoms with Crippen LogP contribution in [-0.4, -0.2) is 48.1 Å². The molecule has 2 saturated heterocycles. The molecular weight excluding hydrogens is 309 g/mol. The van der Waals surface area contributed by atoms with Crippen LogP contribution in [0.25, 0.3) is 0 Å². The molecule has 0 saturated carbocycles. The molecule has 19 heavy (non-hydrogen) atoms. The minimum absolute atomic E-state index is 0. The summed E-state index contributed by atoms with van der Waals surface area (Å²) >= 11 is 0. The summed E-state index contributed by atoms with van der Waals surface area (Å²) < 4.78 is 0. The molecule has 3 heterocycles. The Morgan fingerprint density at radius 3 is 2.58 bits per heavy atom. The zero-order valence-corrected chi connectivity index (χ0v) is 13.2. The molecule has 0 radical (unpaired) electrons. The van der Waals surface area contributed by atoms with Crippen LogP contribution in [0.4, 0.5) is 5.95 Å². The van der Waals surface area contributed by atoms with Gasteiger partial charge < -0.3 is 16.0 Å². The van der Waals surface area contributed by atoms with Gasteiger partial charge in [0.05, 0.1) is 5.69 Å². The normalized spacial score (nSPS) is 23.7. The highest BCUT2D eigenvalue weighted by Gasteiger charge is 2.50. The van der Waals surface area contributed by atoms with Gasteiger partial charge in [0.2, 0.25) is 5.95 Å². The first-order valence-electron chi connectivity index (χ1n) is 5.67. The van der Waals surface area contributed by atoms with E-state index in [-0.39, 0.29) is 37.2 Å². The predicted molar refractivity (Wildman–Crippen MR) is 83.7 cm³/mol. The molecule has 2 aliphatic heterocycles. The molecule has 1 unspecified atom stereocenters. The molecule has 1 atom stereocenters. The Bertz CT molecular complexity index is 413. The van der Waals surface area contributed by atoms with E-state index in [1.807, 2.05) is 6.07 Å². The van der Waals surface area contributed by atoms with Gasteiger partial charge in [0.25, 0.3) is 0 Å². The van der Waals surface area contributed by atoms with E-state index in [9.17, 15) is 0 Å². The average molecular weight is 329 g/mol. The Labute approximate surface area is 132 Å². The summed E-state index contributed by atoms with van der Waals surface area (Å²) in [5, 5.41) is 3.38. The standard InChI is InChI=1S/C11H17N5.3ClH/c1-16-4-8(11(7-16)5-13-6-11)9-2-3-14-10(12)15-9;;;/h2-3,8,13H,4-7H2,1H3,(H2,12,14,15);3*1H. The lowest BCUT2D eigenvalue weighted by molar-refractivity contribution is 0.156. The van der Waals surface area contributed by atoms with Gasteiger partial charge in [-0.3, -0.25) is 0 Å². The third kappa shape index (κ3) is 3.23. The van der Waals surface area contributed by atoms with Gasteiger partial charge in [0.1, 0.15) is 0 Å². The Morgan fingerprint density at radius 1 is 1.37 bits per heavy atom. The highest BCUT2D eigenvalue weighted by Crippen LogP contribution is 2.44. The maximum atomic E-state index is 5.66. The van der Waals surface area contributed by atoms with Crippen LogP contribution in [0.3, 0.4) is 0 Å². The number of aromatic nitrogens is 2. The molecule has 0 bridgehead atoms. The van der Waals surface area contributed by atoms with E-state index in [1.165, 1.54) is 0 Å². The van der Waals surface area contributed by atoms with E-state index in [4.69, 9.17) is 5.73 Å². The number of likely N-dealkylation sites (N-methyl/N-ethyl adjacent to an activating group) is 1. The number of nitrogens with two attached hydrogens (primary N) is 1. The quantitative estimate of drug-likeness (QED) is 0.803. The monoisotopic (exact) mass is 327 g/mol. The molecular formula is C11H20Cl3N5. The number of anilines is 1. The first-order chi connectivity index (χ1) is 7.70. The summed E-state index contributed by atoms with van der Waals surface area (Å²) in [7, 11) is 2.17. The van der Waals surface area contributed by atoms with Crippen LogP contribution in [0.2, 0.25) is 0 Å². The Kier molecular flexibility index (Phi) is 6.78. The first kappa shape index (κ1) is 18.7. The maximum Gasteiger partial charge on any atom is 0.220 e. The second kappa shape index (κ2) is 6.90. The van der Waals surface area contributed by atoms with Gasteiger partial charge in [-0.25, -0.2) is 9.97 Å². The van der Waals surface area contributed by atoms with Crippen molar-refractivity contribution in [2.75, 3.05) is 39.0 Å². The Morgan fingerprint density at radius 2 is 2.05 bits per heavy atom.